The lowest BCUT2D eigenvalue weighted by Gasteiger charge is -2.03. The maximum atomic E-state index is 12.2. The Labute approximate surface area is 167 Å². The summed E-state index contributed by atoms with van der Waals surface area (Å²) in [5.74, 6) is 1.65. The van der Waals surface area contributed by atoms with Gasteiger partial charge in [0.25, 0.3) is 0 Å². The second-order valence-corrected chi connectivity index (χ2v) is 8.20. The minimum atomic E-state index is -0.100. The van der Waals surface area contributed by atoms with Crippen LogP contribution in [0.3, 0.4) is 0 Å². The highest BCUT2D eigenvalue weighted by molar-refractivity contribution is 8.01. The summed E-state index contributed by atoms with van der Waals surface area (Å²) in [6.07, 6.45) is 2.43. The number of hydrogen-bond acceptors (Lipinski definition) is 6. The summed E-state index contributed by atoms with van der Waals surface area (Å²) in [5, 5.41) is 11.6. The number of thioether (sulfide) groups is 1. The third-order valence-electron chi connectivity index (χ3n) is 3.85. The number of hydrogen-bond donors (Lipinski definition) is 1. The van der Waals surface area contributed by atoms with E-state index in [1.54, 1.807) is 18.9 Å². The van der Waals surface area contributed by atoms with Gasteiger partial charge in [-0.1, -0.05) is 65.6 Å². The van der Waals surface area contributed by atoms with Crippen LogP contribution in [0.25, 0.3) is 0 Å². The van der Waals surface area contributed by atoms with Crippen molar-refractivity contribution in [2.45, 2.75) is 23.6 Å². The molecule has 0 saturated heterocycles. The van der Waals surface area contributed by atoms with Gasteiger partial charge in [-0.2, -0.15) is 0 Å². The minimum Gasteiger partial charge on any atom is -0.497 e. The zero-order valence-corrected chi connectivity index (χ0v) is 16.7. The van der Waals surface area contributed by atoms with Crippen LogP contribution in [0.5, 0.6) is 5.75 Å². The number of ether oxygens (including phenoxy) is 1. The highest BCUT2D eigenvalue weighted by atomic mass is 32.2. The van der Waals surface area contributed by atoms with E-state index in [-0.39, 0.29) is 5.91 Å². The third-order valence-corrected chi connectivity index (χ3v) is 5.91. The first-order valence-corrected chi connectivity index (χ1v) is 10.5. The van der Waals surface area contributed by atoms with E-state index in [0.717, 1.165) is 34.2 Å². The zero-order valence-electron chi connectivity index (χ0n) is 15.1. The lowest BCUT2D eigenvalue weighted by atomic mass is 10.1. The first-order chi connectivity index (χ1) is 13.2. The number of methoxy groups -OCH3 is 1. The first kappa shape index (κ1) is 19.4. The fourth-order valence-corrected chi connectivity index (χ4v) is 4.27. The summed E-state index contributed by atoms with van der Waals surface area (Å²) in [5.41, 5.74) is 2.27. The van der Waals surface area contributed by atoms with Gasteiger partial charge < -0.3 is 10.1 Å². The van der Waals surface area contributed by atoms with E-state index in [9.17, 15) is 4.79 Å². The Balaban J connectivity index is 1.41. The molecule has 0 spiro atoms. The first-order valence-electron chi connectivity index (χ1n) is 8.66. The molecule has 3 aromatic rings. The Morgan fingerprint density at radius 1 is 1.07 bits per heavy atom. The number of rotatable bonds is 9. The molecule has 0 radical (unpaired) electrons. The van der Waals surface area contributed by atoms with Gasteiger partial charge >= 0.3 is 0 Å². The van der Waals surface area contributed by atoms with Gasteiger partial charge in [0.1, 0.15) is 5.75 Å². The number of benzene rings is 2. The van der Waals surface area contributed by atoms with Crippen LogP contribution in [-0.2, 0) is 17.6 Å². The summed E-state index contributed by atoms with van der Waals surface area (Å²) in [4.78, 5) is 12.2. The average molecular weight is 400 g/mol. The molecule has 3 rings (SSSR count). The van der Waals surface area contributed by atoms with Crippen LogP contribution in [0.15, 0.2) is 58.9 Å². The molecule has 7 heteroatoms. The van der Waals surface area contributed by atoms with Gasteiger partial charge in [0, 0.05) is 5.75 Å². The van der Waals surface area contributed by atoms with Crippen molar-refractivity contribution in [2.75, 3.05) is 18.2 Å². The lowest BCUT2D eigenvalue weighted by Crippen LogP contribution is -2.14. The van der Waals surface area contributed by atoms with Crippen LogP contribution in [0, 0.1) is 0 Å². The molecule has 0 bridgehead atoms. The summed E-state index contributed by atoms with van der Waals surface area (Å²) >= 11 is 3.09. The molecule has 0 aliphatic rings. The van der Waals surface area contributed by atoms with Crippen molar-refractivity contribution in [3.63, 3.8) is 0 Å². The Morgan fingerprint density at radius 3 is 2.59 bits per heavy atom. The second kappa shape index (κ2) is 10.1. The van der Waals surface area contributed by atoms with Crippen molar-refractivity contribution in [3.8, 4) is 5.75 Å². The number of aryl methyl sites for hydroxylation is 1. The van der Waals surface area contributed by atoms with E-state index in [0.29, 0.717) is 11.6 Å². The molecule has 0 aliphatic carbocycles. The highest BCUT2D eigenvalue weighted by Crippen LogP contribution is 2.26. The van der Waals surface area contributed by atoms with E-state index in [2.05, 4.69) is 39.8 Å². The molecule has 0 unspecified atom stereocenters. The van der Waals surface area contributed by atoms with Crippen molar-refractivity contribution < 1.29 is 9.53 Å². The summed E-state index contributed by atoms with van der Waals surface area (Å²) in [6.45, 7) is 0. The van der Waals surface area contributed by atoms with Crippen LogP contribution in [0.1, 0.15) is 17.5 Å². The molecule has 0 saturated carbocycles. The number of carbonyl (C=O) groups is 1. The van der Waals surface area contributed by atoms with Crippen LogP contribution >= 0.6 is 23.1 Å². The fourth-order valence-electron chi connectivity index (χ4n) is 2.49. The monoisotopic (exact) mass is 399 g/mol. The van der Waals surface area contributed by atoms with E-state index < -0.39 is 0 Å². The van der Waals surface area contributed by atoms with Crippen LogP contribution < -0.4 is 10.1 Å². The van der Waals surface area contributed by atoms with Crippen LogP contribution in [0.2, 0.25) is 0 Å². The Bertz CT molecular complexity index is 851. The molecule has 1 amide bonds. The summed E-state index contributed by atoms with van der Waals surface area (Å²) < 4.78 is 6.00. The number of carbonyl (C=O) groups excluding carboxylic acids is 1. The number of aromatic nitrogens is 2. The van der Waals surface area contributed by atoms with Gasteiger partial charge in [0.2, 0.25) is 11.0 Å². The molecule has 5 nitrogen and oxygen atoms in total. The molecule has 27 heavy (non-hydrogen) atoms. The topological polar surface area (TPSA) is 64.1 Å². The van der Waals surface area contributed by atoms with E-state index >= 15 is 0 Å². The number of amides is 1. The molecular formula is C20H21N3O2S2. The summed E-state index contributed by atoms with van der Waals surface area (Å²) in [7, 11) is 1.62. The second-order valence-electron chi connectivity index (χ2n) is 5.88. The molecule has 2 aromatic carbocycles. The van der Waals surface area contributed by atoms with E-state index in [1.807, 2.05) is 30.3 Å². The van der Waals surface area contributed by atoms with Crippen molar-refractivity contribution in [1.82, 2.24) is 10.2 Å². The molecule has 1 aromatic heterocycles. The highest BCUT2D eigenvalue weighted by Gasteiger charge is 2.09. The molecule has 0 aliphatic heterocycles. The molecule has 140 valence electrons. The normalized spacial score (nSPS) is 10.6. The standard InChI is InChI=1S/C20H21N3O2S2/c1-25-17-11-9-16(10-12-17)14-18(24)21-19-22-23-20(27-19)26-13-5-8-15-6-3-2-4-7-15/h2-4,6-7,9-12H,5,8,13-14H2,1H3,(H,21,22,24). The maximum absolute atomic E-state index is 12.2. The Hall–Kier alpha value is -2.38. The smallest absolute Gasteiger partial charge is 0.230 e. The van der Waals surface area contributed by atoms with Crippen molar-refractivity contribution in [1.29, 1.82) is 0 Å². The minimum absolute atomic E-state index is 0.100. The van der Waals surface area contributed by atoms with Crippen molar-refractivity contribution >= 4 is 34.1 Å². The van der Waals surface area contributed by atoms with Gasteiger partial charge in [-0.05, 0) is 36.1 Å². The maximum Gasteiger partial charge on any atom is 0.230 e. The van der Waals surface area contributed by atoms with Gasteiger partial charge in [-0.3, -0.25) is 4.79 Å². The van der Waals surface area contributed by atoms with Gasteiger partial charge in [-0.15, -0.1) is 10.2 Å². The van der Waals surface area contributed by atoms with Crippen molar-refractivity contribution in [3.05, 3.63) is 65.7 Å². The zero-order chi connectivity index (χ0) is 18.9. The Kier molecular flexibility index (Phi) is 7.24. The predicted octanol–water partition coefficient (Wildman–Crippen LogP) is 4.45. The van der Waals surface area contributed by atoms with Gasteiger partial charge in [-0.25, -0.2) is 0 Å². The van der Waals surface area contributed by atoms with Crippen LogP contribution in [-0.4, -0.2) is 29.0 Å². The molecular weight excluding hydrogens is 378 g/mol. The largest absolute Gasteiger partial charge is 0.497 e. The molecule has 0 atom stereocenters. The van der Waals surface area contributed by atoms with E-state index in [4.69, 9.17) is 4.74 Å². The quantitative estimate of drug-likeness (QED) is 0.327. The van der Waals surface area contributed by atoms with Crippen LogP contribution in [0.4, 0.5) is 5.13 Å². The fraction of sp³-hybridized carbons (Fsp3) is 0.250. The number of nitrogens with one attached hydrogen (secondary N) is 1. The predicted molar refractivity (Wildman–Crippen MR) is 111 cm³/mol. The number of nitrogens with zero attached hydrogens (tertiary/aromatic N) is 2. The molecule has 0 fully saturated rings. The Morgan fingerprint density at radius 2 is 1.85 bits per heavy atom. The van der Waals surface area contributed by atoms with Gasteiger partial charge in [0.05, 0.1) is 13.5 Å². The lowest BCUT2D eigenvalue weighted by molar-refractivity contribution is -0.115. The van der Waals surface area contributed by atoms with E-state index in [1.165, 1.54) is 16.9 Å². The van der Waals surface area contributed by atoms with Gasteiger partial charge in [0.15, 0.2) is 4.34 Å². The summed E-state index contributed by atoms with van der Waals surface area (Å²) in [6, 6.07) is 17.9. The third kappa shape index (κ3) is 6.37. The average Bonchev–Trinajstić information content (AvgIpc) is 3.14. The SMILES string of the molecule is COc1ccc(CC(=O)Nc2nnc(SCCCc3ccccc3)s2)cc1. The molecule has 1 heterocycles. The van der Waals surface area contributed by atoms with Crippen molar-refractivity contribution in [2.24, 2.45) is 0 Å². The number of anilines is 1. The molecule has 1 N–H and O–H groups in total.